The topological polar surface area (TPSA) is 59.2 Å². The molecule has 0 aliphatic carbocycles. The smallest absolute Gasteiger partial charge is 0.227 e. The van der Waals surface area contributed by atoms with Gasteiger partial charge in [-0.1, -0.05) is 0 Å². The van der Waals surface area contributed by atoms with Gasteiger partial charge in [-0.25, -0.2) is 4.98 Å². The fraction of sp³-hybridized carbons (Fsp3) is 0.111. The molecule has 0 aliphatic heterocycles. The Balaban J connectivity index is 2.32. The Labute approximate surface area is 88.7 Å². The predicted octanol–water partition coefficient (Wildman–Crippen LogP) is 1.91. The number of rotatable bonds is 2. The molecule has 0 radical (unpaired) electrons. The summed E-state index contributed by atoms with van der Waals surface area (Å²) in [6.45, 7) is 0. The molecule has 0 saturated carbocycles. The van der Waals surface area contributed by atoms with Gasteiger partial charge in [-0.2, -0.15) is 0 Å². The normalized spacial score (nSPS) is 12.7. The molecule has 1 atom stereocenters. The van der Waals surface area contributed by atoms with Gasteiger partial charge in [0.1, 0.15) is 6.26 Å². The van der Waals surface area contributed by atoms with Crippen molar-refractivity contribution in [3.63, 3.8) is 0 Å². The number of hydrogen-bond acceptors (Lipinski definition) is 4. The van der Waals surface area contributed by atoms with Crippen molar-refractivity contribution in [1.29, 1.82) is 0 Å². The van der Waals surface area contributed by atoms with E-state index in [0.29, 0.717) is 5.56 Å². The second-order valence-electron chi connectivity index (χ2n) is 2.71. The fourth-order valence-corrected chi connectivity index (χ4v) is 1.47. The monoisotopic (exact) mass is 254 g/mol. The van der Waals surface area contributed by atoms with Crippen molar-refractivity contribution in [1.82, 2.24) is 9.97 Å². The first-order valence-electron chi connectivity index (χ1n) is 3.95. The quantitative estimate of drug-likeness (QED) is 0.890. The van der Waals surface area contributed by atoms with Crippen LogP contribution >= 0.6 is 15.9 Å². The third kappa shape index (κ3) is 1.83. The molecule has 14 heavy (non-hydrogen) atoms. The molecule has 0 amide bonds. The lowest BCUT2D eigenvalue weighted by molar-refractivity contribution is 0.182. The minimum absolute atomic E-state index is 0.268. The summed E-state index contributed by atoms with van der Waals surface area (Å²) in [5, 5.41) is 9.79. The minimum Gasteiger partial charge on any atom is -0.446 e. The van der Waals surface area contributed by atoms with Gasteiger partial charge in [0.15, 0.2) is 6.10 Å². The van der Waals surface area contributed by atoms with Crippen molar-refractivity contribution < 1.29 is 9.52 Å². The zero-order valence-electron chi connectivity index (χ0n) is 7.09. The van der Waals surface area contributed by atoms with Gasteiger partial charge in [0, 0.05) is 22.4 Å². The molecule has 2 rings (SSSR count). The van der Waals surface area contributed by atoms with Gasteiger partial charge in [-0.15, -0.1) is 0 Å². The molecule has 0 aliphatic rings. The molecule has 0 fully saturated rings. The van der Waals surface area contributed by atoms with Crippen molar-refractivity contribution in [3.8, 4) is 0 Å². The van der Waals surface area contributed by atoms with E-state index in [4.69, 9.17) is 4.42 Å². The van der Waals surface area contributed by atoms with E-state index < -0.39 is 6.10 Å². The summed E-state index contributed by atoms with van der Waals surface area (Å²) in [4.78, 5) is 7.80. The molecule has 2 heterocycles. The largest absolute Gasteiger partial charge is 0.446 e. The van der Waals surface area contributed by atoms with Crippen LogP contribution in [0.3, 0.4) is 0 Å². The first-order chi connectivity index (χ1) is 6.77. The highest BCUT2D eigenvalue weighted by Crippen LogP contribution is 2.21. The zero-order valence-corrected chi connectivity index (χ0v) is 8.68. The van der Waals surface area contributed by atoms with Crippen LogP contribution in [0.5, 0.6) is 0 Å². The van der Waals surface area contributed by atoms with Gasteiger partial charge in [0.05, 0.1) is 6.20 Å². The average molecular weight is 255 g/mol. The number of aliphatic hydroxyl groups excluding tert-OH is 1. The van der Waals surface area contributed by atoms with Crippen molar-refractivity contribution >= 4 is 15.9 Å². The predicted molar refractivity (Wildman–Crippen MR) is 52.5 cm³/mol. The van der Waals surface area contributed by atoms with Gasteiger partial charge in [-0.3, -0.25) is 4.98 Å². The first kappa shape index (κ1) is 9.36. The summed E-state index contributed by atoms with van der Waals surface area (Å²) in [5.41, 5.74) is 0.641. The molecule has 1 unspecified atom stereocenters. The number of aliphatic hydroxyl groups is 1. The Bertz CT molecular complexity index is 417. The molecule has 0 saturated heterocycles. The average Bonchev–Trinajstić information content (AvgIpc) is 2.69. The Morgan fingerprint density at radius 2 is 2.29 bits per heavy atom. The molecule has 5 heteroatoms. The highest BCUT2D eigenvalue weighted by atomic mass is 79.9. The molecule has 2 aromatic heterocycles. The summed E-state index contributed by atoms with van der Waals surface area (Å²) in [7, 11) is 0. The van der Waals surface area contributed by atoms with Gasteiger partial charge < -0.3 is 9.52 Å². The number of pyridine rings is 1. The second kappa shape index (κ2) is 3.89. The maximum Gasteiger partial charge on any atom is 0.227 e. The standard InChI is InChI=1S/C9H7BrN2O2/c10-7-3-6(4-11-5-7)8(13)9-12-1-2-14-9/h1-5,8,13H. The number of hydrogen-bond donors (Lipinski definition) is 1. The Morgan fingerprint density at radius 3 is 2.93 bits per heavy atom. The molecule has 4 nitrogen and oxygen atoms in total. The van der Waals surface area contributed by atoms with Crippen LogP contribution in [0.4, 0.5) is 0 Å². The van der Waals surface area contributed by atoms with E-state index in [2.05, 4.69) is 25.9 Å². The van der Waals surface area contributed by atoms with Gasteiger partial charge in [-0.05, 0) is 22.0 Å². The van der Waals surface area contributed by atoms with Crippen LogP contribution < -0.4 is 0 Å². The third-order valence-corrected chi connectivity index (χ3v) is 2.16. The minimum atomic E-state index is -0.866. The number of nitrogens with zero attached hydrogens (tertiary/aromatic N) is 2. The highest BCUT2D eigenvalue weighted by Gasteiger charge is 2.14. The summed E-state index contributed by atoms with van der Waals surface area (Å²) in [6.07, 6.45) is 5.26. The third-order valence-electron chi connectivity index (χ3n) is 1.73. The molecule has 2 aromatic rings. The first-order valence-corrected chi connectivity index (χ1v) is 4.74. The highest BCUT2D eigenvalue weighted by molar-refractivity contribution is 9.10. The number of aromatic nitrogens is 2. The van der Waals surface area contributed by atoms with Crippen LogP contribution in [-0.4, -0.2) is 15.1 Å². The van der Waals surface area contributed by atoms with E-state index in [9.17, 15) is 5.11 Å². The summed E-state index contributed by atoms with van der Waals surface area (Å²) >= 11 is 3.27. The maximum atomic E-state index is 9.79. The number of oxazole rings is 1. The molecule has 0 bridgehead atoms. The van der Waals surface area contributed by atoms with E-state index in [1.165, 1.54) is 12.5 Å². The SMILES string of the molecule is OC(c1cncc(Br)c1)c1ncco1. The molecule has 1 N–H and O–H groups in total. The summed E-state index contributed by atoms with van der Waals surface area (Å²) in [6, 6.07) is 1.77. The number of halogens is 1. The van der Waals surface area contributed by atoms with Crippen LogP contribution in [0.2, 0.25) is 0 Å². The van der Waals surface area contributed by atoms with E-state index in [1.54, 1.807) is 18.5 Å². The second-order valence-corrected chi connectivity index (χ2v) is 3.63. The Hall–Kier alpha value is -1.20. The van der Waals surface area contributed by atoms with Crippen LogP contribution in [0.15, 0.2) is 39.8 Å². The Morgan fingerprint density at radius 1 is 1.43 bits per heavy atom. The van der Waals surface area contributed by atoms with Gasteiger partial charge in [0.2, 0.25) is 5.89 Å². The van der Waals surface area contributed by atoms with E-state index in [1.807, 2.05) is 0 Å². The van der Waals surface area contributed by atoms with E-state index >= 15 is 0 Å². The van der Waals surface area contributed by atoms with Crippen molar-refractivity contribution in [3.05, 3.63) is 46.8 Å². The molecule has 0 aromatic carbocycles. The lowest BCUT2D eigenvalue weighted by atomic mass is 10.2. The lowest BCUT2D eigenvalue weighted by Gasteiger charge is -2.05. The van der Waals surface area contributed by atoms with Crippen LogP contribution in [0.1, 0.15) is 17.6 Å². The molecule has 0 spiro atoms. The molecular weight excluding hydrogens is 248 g/mol. The fourth-order valence-electron chi connectivity index (χ4n) is 1.09. The van der Waals surface area contributed by atoms with Gasteiger partial charge >= 0.3 is 0 Å². The lowest BCUT2D eigenvalue weighted by Crippen LogP contribution is -2.00. The molecular formula is C9H7BrN2O2. The van der Waals surface area contributed by atoms with Crippen LogP contribution in [0.25, 0.3) is 0 Å². The van der Waals surface area contributed by atoms with Crippen LogP contribution in [0, 0.1) is 0 Å². The van der Waals surface area contributed by atoms with Crippen molar-refractivity contribution in [2.75, 3.05) is 0 Å². The van der Waals surface area contributed by atoms with Crippen LogP contribution in [-0.2, 0) is 0 Å². The Kier molecular flexibility index (Phi) is 2.60. The summed E-state index contributed by atoms with van der Waals surface area (Å²) < 4.78 is 5.79. The zero-order chi connectivity index (χ0) is 9.97. The summed E-state index contributed by atoms with van der Waals surface area (Å²) in [5.74, 6) is 0.268. The van der Waals surface area contributed by atoms with E-state index in [-0.39, 0.29) is 5.89 Å². The van der Waals surface area contributed by atoms with Crippen molar-refractivity contribution in [2.45, 2.75) is 6.10 Å². The van der Waals surface area contributed by atoms with Crippen molar-refractivity contribution in [2.24, 2.45) is 0 Å². The maximum absolute atomic E-state index is 9.79. The van der Waals surface area contributed by atoms with Gasteiger partial charge in [0.25, 0.3) is 0 Å². The molecule has 72 valence electrons. The van der Waals surface area contributed by atoms with E-state index in [0.717, 1.165) is 4.47 Å².